The second-order valence-electron chi connectivity index (χ2n) is 6.03. The number of rotatable bonds is 5. The Hall–Kier alpha value is -1.35. The molecule has 6 nitrogen and oxygen atoms in total. The number of carbonyl (C=O) groups excluding carboxylic acids is 1. The van der Waals surface area contributed by atoms with Crippen molar-refractivity contribution in [1.29, 1.82) is 0 Å². The predicted octanol–water partition coefficient (Wildman–Crippen LogP) is 0.576. The maximum Gasteiger partial charge on any atom is 0.239 e. The van der Waals surface area contributed by atoms with Crippen LogP contribution in [0.15, 0.2) is 29.2 Å². The van der Waals surface area contributed by atoms with Crippen molar-refractivity contribution in [1.82, 2.24) is 16.2 Å². The predicted molar refractivity (Wildman–Crippen MR) is 82.6 cm³/mol. The van der Waals surface area contributed by atoms with Crippen molar-refractivity contribution in [3.8, 4) is 0 Å². The Labute approximate surface area is 135 Å². The van der Waals surface area contributed by atoms with Crippen LogP contribution >= 0.6 is 0 Å². The molecule has 1 aromatic rings. The summed E-state index contributed by atoms with van der Waals surface area (Å²) in [6.07, 6.45) is 3.16. The van der Waals surface area contributed by atoms with E-state index >= 15 is 0 Å². The number of benzene rings is 1. The molecule has 1 saturated carbocycles. The van der Waals surface area contributed by atoms with E-state index in [0.717, 1.165) is 31.4 Å². The van der Waals surface area contributed by atoms with Gasteiger partial charge >= 0.3 is 0 Å². The molecule has 3 N–H and O–H groups in total. The van der Waals surface area contributed by atoms with Crippen LogP contribution in [0.4, 0.5) is 4.39 Å². The number of hydrogen-bond donors (Lipinski definition) is 3. The zero-order valence-corrected chi connectivity index (χ0v) is 13.4. The highest BCUT2D eigenvalue weighted by atomic mass is 32.3. The number of hydrazine groups is 1. The average Bonchev–Trinajstić information content (AvgIpc) is 3.10. The smallest absolute Gasteiger partial charge is 0.239 e. The minimum absolute atomic E-state index is 0.0358. The number of amides is 1. The summed E-state index contributed by atoms with van der Waals surface area (Å²) < 4.78 is 37.1. The second kappa shape index (κ2) is 6.64. The van der Waals surface area contributed by atoms with Crippen LogP contribution < -0.4 is 16.2 Å². The summed E-state index contributed by atoms with van der Waals surface area (Å²) in [7, 11) is -3.53. The fourth-order valence-electron chi connectivity index (χ4n) is 3.31. The molecule has 1 heterocycles. The largest absolute Gasteiger partial charge is 0.610 e. The van der Waals surface area contributed by atoms with Crippen LogP contribution in [0.1, 0.15) is 19.3 Å². The summed E-state index contributed by atoms with van der Waals surface area (Å²) in [4.78, 5) is 12.3. The molecule has 1 saturated heterocycles. The molecule has 1 aliphatic carbocycles. The van der Waals surface area contributed by atoms with Gasteiger partial charge in [-0.05, 0) is 37.1 Å². The lowest BCUT2D eigenvalue weighted by Gasteiger charge is -2.18. The third kappa shape index (κ3) is 3.60. The Kier molecular flexibility index (Phi) is 4.77. The maximum atomic E-state index is 12.8. The fraction of sp³-hybridized carbons (Fsp3) is 0.533. The van der Waals surface area contributed by atoms with Crippen LogP contribution in [0.5, 0.6) is 0 Å². The van der Waals surface area contributed by atoms with Crippen molar-refractivity contribution >= 4 is 16.1 Å². The highest BCUT2D eigenvalue weighted by Gasteiger charge is 2.42. The molecule has 4 atom stereocenters. The van der Waals surface area contributed by atoms with E-state index in [1.165, 1.54) is 12.1 Å². The quantitative estimate of drug-likeness (QED) is 0.681. The molecule has 1 amide bonds. The van der Waals surface area contributed by atoms with Gasteiger partial charge in [-0.15, -0.1) is 4.21 Å². The van der Waals surface area contributed by atoms with Crippen LogP contribution in [0.2, 0.25) is 0 Å². The molecule has 23 heavy (non-hydrogen) atoms. The van der Waals surface area contributed by atoms with Gasteiger partial charge in [-0.2, -0.15) is 0 Å². The molecule has 0 radical (unpaired) electrons. The van der Waals surface area contributed by atoms with Crippen LogP contribution in [-0.2, 0) is 19.2 Å². The summed E-state index contributed by atoms with van der Waals surface area (Å²) in [6.45, 7) is 0.0358. The van der Waals surface area contributed by atoms with Crippen LogP contribution in [0.25, 0.3) is 0 Å². The lowest BCUT2D eigenvalue weighted by molar-refractivity contribution is -0.123. The van der Waals surface area contributed by atoms with Crippen molar-refractivity contribution in [2.24, 2.45) is 5.92 Å². The third-order valence-electron chi connectivity index (χ3n) is 4.55. The molecule has 2 aliphatic rings. The van der Waals surface area contributed by atoms with Crippen molar-refractivity contribution < 1.29 is 17.9 Å². The van der Waals surface area contributed by atoms with Gasteiger partial charge in [-0.25, -0.2) is 9.82 Å². The molecule has 126 valence electrons. The summed E-state index contributed by atoms with van der Waals surface area (Å²) in [6, 6.07) is 4.71. The first-order valence-electron chi connectivity index (χ1n) is 7.74. The average molecular weight is 341 g/mol. The minimum Gasteiger partial charge on any atom is -0.610 e. The van der Waals surface area contributed by atoms with Crippen LogP contribution in [-0.4, -0.2) is 34.8 Å². The molecule has 0 bridgehead atoms. The molecular formula is C15H20FN3O3S. The first-order valence-corrected chi connectivity index (χ1v) is 9.40. The van der Waals surface area contributed by atoms with Gasteiger partial charge < -0.3 is 9.87 Å². The lowest BCUT2D eigenvalue weighted by atomic mass is 9.97. The van der Waals surface area contributed by atoms with Gasteiger partial charge in [0, 0.05) is 12.0 Å². The minimum atomic E-state index is -3.53. The lowest BCUT2D eigenvalue weighted by Crippen LogP contribution is -2.47. The zero-order chi connectivity index (χ0) is 16.4. The SMILES string of the molecule is O=C(NCC[S+](=O)([O-])c1ccc(F)cc1)C1NNC2CCCC21. The fourth-order valence-corrected chi connectivity index (χ4v) is 4.47. The van der Waals surface area contributed by atoms with Crippen molar-refractivity contribution in [2.45, 2.75) is 36.2 Å². The van der Waals surface area contributed by atoms with Crippen LogP contribution in [0, 0.1) is 11.7 Å². The van der Waals surface area contributed by atoms with Crippen molar-refractivity contribution in [2.75, 3.05) is 12.3 Å². The number of fused-ring (bicyclic) bond motifs is 1. The number of halogens is 1. The topological polar surface area (TPSA) is 93.3 Å². The zero-order valence-electron chi connectivity index (χ0n) is 12.6. The van der Waals surface area contributed by atoms with E-state index in [1.807, 2.05) is 0 Å². The standard InChI is InChI=1S/C15H20FN3O3S/c16-10-4-6-11(7-5-10)23(21,22)9-8-17-15(20)14-12-2-1-3-13(12)18-19-14/h4-7,12-14,18-19H,1-3,8-9H2,(H-,17,20,21,22). The summed E-state index contributed by atoms with van der Waals surface area (Å²) >= 11 is 0. The van der Waals surface area contributed by atoms with Crippen LogP contribution in [0.3, 0.4) is 0 Å². The van der Waals surface area contributed by atoms with E-state index in [9.17, 15) is 17.9 Å². The first kappa shape index (κ1) is 16.5. The normalized spacial score (nSPS) is 29.0. The summed E-state index contributed by atoms with van der Waals surface area (Å²) in [5.74, 6) is -0.605. The van der Waals surface area contributed by atoms with Gasteiger partial charge in [0.05, 0.1) is 16.8 Å². The van der Waals surface area contributed by atoms with E-state index in [1.54, 1.807) is 0 Å². The van der Waals surface area contributed by atoms with E-state index < -0.39 is 16.0 Å². The maximum absolute atomic E-state index is 12.8. The molecule has 2 fully saturated rings. The van der Waals surface area contributed by atoms with E-state index in [-0.39, 0.29) is 35.1 Å². The summed E-state index contributed by atoms with van der Waals surface area (Å²) in [5.41, 5.74) is 6.11. The van der Waals surface area contributed by atoms with Gasteiger partial charge in [-0.1, -0.05) is 6.42 Å². The number of hydrogen-bond acceptors (Lipinski definition) is 5. The first-order chi connectivity index (χ1) is 11.0. The highest BCUT2D eigenvalue weighted by Crippen LogP contribution is 2.31. The van der Waals surface area contributed by atoms with Gasteiger partial charge in [0.15, 0.2) is 4.90 Å². The Morgan fingerprint density at radius 1 is 1.30 bits per heavy atom. The van der Waals surface area contributed by atoms with E-state index in [2.05, 4.69) is 16.2 Å². The number of sulfone groups is 1. The molecule has 3 rings (SSSR count). The Balaban J connectivity index is 1.51. The summed E-state index contributed by atoms with van der Waals surface area (Å²) in [5, 5.41) is 2.68. The van der Waals surface area contributed by atoms with Gasteiger partial charge in [0.25, 0.3) is 0 Å². The molecular weight excluding hydrogens is 321 g/mol. The van der Waals surface area contributed by atoms with Crippen molar-refractivity contribution in [3.63, 3.8) is 0 Å². The molecule has 0 spiro atoms. The third-order valence-corrected chi connectivity index (χ3v) is 6.28. The monoisotopic (exact) mass is 341 g/mol. The Bertz CT molecular complexity index is 625. The molecule has 8 heteroatoms. The molecule has 1 aromatic carbocycles. The van der Waals surface area contributed by atoms with Gasteiger partial charge in [-0.3, -0.25) is 10.2 Å². The molecule has 4 unspecified atom stereocenters. The van der Waals surface area contributed by atoms with Gasteiger partial charge in [0.2, 0.25) is 5.91 Å². The second-order valence-corrected chi connectivity index (χ2v) is 8.14. The Morgan fingerprint density at radius 2 is 2.04 bits per heavy atom. The highest BCUT2D eigenvalue weighted by molar-refractivity contribution is 7.97. The Morgan fingerprint density at radius 3 is 2.78 bits per heavy atom. The number of carbonyl (C=O) groups is 1. The van der Waals surface area contributed by atoms with Crippen molar-refractivity contribution in [3.05, 3.63) is 30.1 Å². The van der Waals surface area contributed by atoms with E-state index in [0.29, 0.717) is 6.04 Å². The molecule has 1 aliphatic heterocycles. The van der Waals surface area contributed by atoms with E-state index in [4.69, 9.17) is 0 Å². The van der Waals surface area contributed by atoms with Gasteiger partial charge in [0.1, 0.15) is 17.6 Å². The number of nitrogens with one attached hydrogen (secondary N) is 3. The molecule has 0 aromatic heterocycles.